The van der Waals surface area contributed by atoms with Crippen molar-refractivity contribution < 1.29 is 48.0 Å². The molecule has 3 aromatic rings. The summed E-state index contributed by atoms with van der Waals surface area (Å²) in [6, 6.07) is 13.2. The first-order valence-electron chi connectivity index (χ1n) is 18.9. The molecule has 0 spiro atoms. The highest BCUT2D eigenvalue weighted by Gasteiger charge is 2.44. The van der Waals surface area contributed by atoms with Gasteiger partial charge in [0.1, 0.15) is 31.0 Å². The summed E-state index contributed by atoms with van der Waals surface area (Å²) in [6.45, 7) is 10.9. The van der Waals surface area contributed by atoms with Gasteiger partial charge < -0.3 is 44.3 Å². The maximum absolute atomic E-state index is 13.9. The molecule has 2 heterocycles. The summed E-state index contributed by atoms with van der Waals surface area (Å²) in [5.41, 5.74) is 5.05. The van der Waals surface area contributed by atoms with Gasteiger partial charge in [0.2, 0.25) is 17.7 Å². The van der Waals surface area contributed by atoms with Crippen LogP contribution in [0.4, 0.5) is 0 Å². The maximum atomic E-state index is 13.9. The fourth-order valence-corrected chi connectivity index (χ4v) is 6.95. The molecular weight excluding hydrogens is 741 g/mol. The van der Waals surface area contributed by atoms with Crippen LogP contribution in [0.3, 0.4) is 0 Å². The summed E-state index contributed by atoms with van der Waals surface area (Å²) in [6.07, 6.45) is 0.156. The molecule has 1 aliphatic heterocycles. The molecule has 14 nitrogen and oxygen atoms in total. The molecule has 0 saturated carbocycles. The van der Waals surface area contributed by atoms with Gasteiger partial charge in [-0.2, -0.15) is 0 Å². The van der Waals surface area contributed by atoms with Crippen molar-refractivity contribution in [2.75, 3.05) is 59.9 Å². The van der Waals surface area contributed by atoms with Gasteiger partial charge in [-0.05, 0) is 54.5 Å². The number of carbonyl (C=O) groups excluding carboxylic acids is 4. The summed E-state index contributed by atoms with van der Waals surface area (Å²) in [4.78, 5) is 58.4. The van der Waals surface area contributed by atoms with Crippen molar-refractivity contribution in [3.05, 3.63) is 70.9 Å². The second-order valence-electron chi connectivity index (χ2n) is 14.7. The number of rotatable bonds is 21. The minimum Gasteiger partial charge on any atom is -0.491 e. The van der Waals surface area contributed by atoms with E-state index in [-0.39, 0.29) is 50.7 Å². The second-order valence-corrected chi connectivity index (χ2v) is 15.6. The van der Waals surface area contributed by atoms with Crippen molar-refractivity contribution in [2.24, 2.45) is 5.41 Å². The molecule has 306 valence electrons. The Morgan fingerprint density at radius 3 is 2.18 bits per heavy atom. The van der Waals surface area contributed by atoms with Crippen molar-refractivity contribution in [2.45, 2.75) is 78.1 Å². The fourth-order valence-electron chi connectivity index (χ4n) is 6.14. The van der Waals surface area contributed by atoms with Crippen molar-refractivity contribution in [1.82, 2.24) is 20.5 Å². The Bertz CT molecular complexity index is 1710. The number of thiazole rings is 1. The molecule has 4 rings (SSSR count). The van der Waals surface area contributed by atoms with Gasteiger partial charge >= 0.3 is 5.97 Å². The number of amides is 3. The molecule has 0 bridgehead atoms. The SMILES string of the molecule is COC(=O)CCc1ccc(OCCOCCOCCOCC(=O)NC(C(=O)N2C[C@H](O)C[C@H]2C(=O)N[C@@H](C)c2ccc(-c3scnc3C)cc2)C(C)(C)C)cc1. The molecular formula is C41H56N4O10S. The number of aromatic nitrogens is 1. The zero-order valence-electron chi connectivity index (χ0n) is 33.2. The Morgan fingerprint density at radius 1 is 0.929 bits per heavy atom. The number of aliphatic hydroxyl groups is 1. The Kier molecular flexibility index (Phi) is 17.2. The number of likely N-dealkylation sites (tertiary alicyclic amines) is 1. The minimum atomic E-state index is -0.964. The minimum absolute atomic E-state index is 0.0180. The monoisotopic (exact) mass is 796 g/mol. The number of carbonyl (C=O) groups is 4. The number of hydrogen-bond acceptors (Lipinski definition) is 12. The first kappa shape index (κ1) is 44.3. The van der Waals surface area contributed by atoms with Crippen molar-refractivity contribution >= 4 is 35.0 Å². The summed E-state index contributed by atoms with van der Waals surface area (Å²) in [5, 5.41) is 16.3. The highest BCUT2D eigenvalue weighted by Crippen LogP contribution is 2.29. The lowest BCUT2D eigenvalue weighted by atomic mass is 9.85. The molecule has 0 aliphatic carbocycles. The lowest BCUT2D eigenvalue weighted by molar-refractivity contribution is -0.144. The van der Waals surface area contributed by atoms with Crippen LogP contribution in [-0.4, -0.2) is 117 Å². The molecule has 3 amide bonds. The molecule has 15 heteroatoms. The van der Waals surface area contributed by atoms with Crippen LogP contribution in [0.2, 0.25) is 0 Å². The number of hydrogen-bond donors (Lipinski definition) is 3. The van der Waals surface area contributed by atoms with Gasteiger partial charge in [0.05, 0.1) is 68.4 Å². The van der Waals surface area contributed by atoms with Crippen LogP contribution in [0.5, 0.6) is 5.75 Å². The number of methoxy groups -OCH3 is 1. The van der Waals surface area contributed by atoms with Crippen LogP contribution in [-0.2, 0) is 44.5 Å². The molecule has 56 heavy (non-hydrogen) atoms. The highest BCUT2D eigenvalue weighted by molar-refractivity contribution is 7.13. The fraction of sp³-hybridized carbons (Fsp3) is 0.537. The number of aryl methyl sites for hydroxylation is 2. The lowest BCUT2D eigenvalue weighted by Gasteiger charge is -2.35. The quantitative estimate of drug-likeness (QED) is 0.105. The van der Waals surface area contributed by atoms with E-state index in [1.54, 1.807) is 11.3 Å². The molecule has 1 unspecified atom stereocenters. The zero-order valence-corrected chi connectivity index (χ0v) is 34.0. The van der Waals surface area contributed by atoms with E-state index >= 15 is 0 Å². The zero-order chi connectivity index (χ0) is 40.7. The number of aliphatic hydroxyl groups excluding tert-OH is 1. The number of esters is 1. The molecule has 1 saturated heterocycles. The van der Waals surface area contributed by atoms with E-state index in [4.69, 9.17) is 18.9 Å². The standard InChI is InChI=1S/C41H56N4O10S/c1-27(30-10-12-31(13-11-30)37-28(2)42-26-56-37)43-39(49)34-23-32(46)24-45(34)40(50)38(41(3,4)5)44-35(47)25-54-20-19-52-17-18-53-21-22-55-33-14-7-29(8-15-33)9-16-36(48)51-6/h7-8,10-15,26-27,32,34,38,46H,9,16-25H2,1-6H3,(H,43,49)(H,44,47)/t27-,32+,34-,38?/m0/s1. The molecule has 3 N–H and O–H groups in total. The summed E-state index contributed by atoms with van der Waals surface area (Å²) < 4.78 is 26.9. The lowest BCUT2D eigenvalue weighted by Crippen LogP contribution is -2.58. The second kappa shape index (κ2) is 21.8. The van der Waals surface area contributed by atoms with E-state index in [0.29, 0.717) is 45.0 Å². The van der Waals surface area contributed by atoms with Crippen LogP contribution in [0.1, 0.15) is 63.4 Å². The van der Waals surface area contributed by atoms with Crippen molar-refractivity contribution in [3.63, 3.8) is 0 Å². The van der Waals surface area contributed by atoms with Gasteiger partial charge in [0.25, 0.3) is 0 Å². The topological polar surface area (TPSA) is 175 Å². The van der Waals surface area contributed by atoms with Crippen molar-refractivity contribution in [1.29, 1.82) is 0 Å². The first-order chi connectivity index (χ1) is 26.8. The van der Waals surface area contributed by atoms with Gasteiger partial charge in [-0.1, -0.05) is 57.2 Å². The van der Waals surface area contributed by atoms with Gasteiger partial charge in [0, 0.05) is 19.4 Å². The van der Waals surface area contributed by atoms with E-state index in [0.717, 1.165) is 27.3 Å². The van der Waals surface area contributed by atoms with Gasteiger partial charge in [-0.3, -0.25) is 19.2 Å². The van der Waals surface area contributed by atoms with Crippen LogP contribution in [0.15, 0.2) is 54.0 Å². The number of nitrogens with one attached hydrogen (secondary N) is 2. The molecule has 4 atom stereocenters. The molecule has 1 fully saturated rings. The van der Waals surface area contributed by atoms with E-state index in [1.165, 1.54) is 12.0 Å². The van der Waals surface area contributed by atoms with E-state index in [9.17, 15) is 24.3 Å². The third-order valence-corrected chi connectivity index (χ3v) is 10.3. The average Bonchev–Trinajstić information content (AvgIpc) is 3.79. The number of nitrogens with zero attached hydrogens (tertiary/aromatic N) is 2. The van der Waals surface area contributed by atoms with Gasteiger partial charge in [-0.25, -0.2) is 4.98 Å². The van der Waals surface area contributed by atoms with E-state index in [2.05, 4.69) is 20.4 Å². The van der Waals surface area contributed by atoms with Crippen molar-refractivity contribution in [3.8, 4) is 16.2 Å². The number of β-amino-alcohol motifs (C(OH)–C–C–N with tert-alkyl or cyclic N) is 1. The van der Waals surface area contributed by atoms with Crippen LogP contribution in [0.25, 0.3) is 10.4 Å². The molecule has 2 aromatic carbocycles. The first-order valence-corrected chi connectivity index (χ1v) is 19.7. The normalized spacial score (nSPS) is 16.6. The predicted molar refractivity (Wildman–Crippen MR) is 211 cm³/mol. The number of benzene rings is 2. The summed E-state index contributed by atoms with van der Waals surface area (Å²) in [5.74, 6) is -0.836. The average molecular weight is 797 g/mol. The largest absolute Gasteiger partial charge is 0.491 e. The Balaban J connectivity index is 1.13. The maximum Gasteiger partial charge on any atom is 0.305 e. The van der Waals surface area contributed by atoms with E-state index in [1.807, 2.05) is 88.7 Å². The third kappa shape index (κ3) is 13.7. The third-order valence-electron chi connectivity index (χ3n) is 9.30. The molecule has 1 aromatic heterocycles. The Morgan fingerprint density at radius 2 is 1.57 bits per heavy atom. The van der Waals surface area contributed by atoms with Gasteiger partial charge in [0.15, 0.2) is 0 Å². The summed E-state index contributed by atoms with van der Waals surface area (Å²) in [7, 11) is 1.37. The predicted octanol–water partition coefficient (Wildman–Crippen LogP) is 4.02. The number of ether oxygens (including phenoxy) is 5. The molecule has 1 aliphatic rings. The smallest absolute Gasteiger partial charge is 0.305 e. The Labute approximate surface area is 333 Å². The van der Waals surface area contributed by atoms with Gasteiger partial charge in [-0.15, -0.1) is 11.3 Å². The van der Waals surface area contributed by atoms with Crippen LogP contribution in [0, 0.1) is 12.3 Å². The van der Waals surface area contributed by atoms with E-state index < -0.39 is 35.4 Å². The molecule has 0 radical (unpaired) electrons. The van der Waals surface area contributed by atoms with Crippen LogP contribution < -0.4 is 15.4 Å². The summed E-state index contributed by atoms with van der Waals surface area (Å²) >= 11 is 1.57. The Hall–Kier alpha value is -4.41. The van der Waals surface area contributed by atoms with Crippen LogP contribution >= 0.6 is 11.3 Å². The highest BCUT2D eigenvalue weighted by atomic mass is 32.1.